The molecule has 4 aromatic rings. The molecule has 35 heavy (non-hydrogen) atoms. The summed E-state index contributed by atoms with van der Waals surface area (Å²) in [6.45, 7) is 1.87. The molecule has 0 spiro atoms. The number of nitrogens with one attached hydrogen (secondary N) is 1. The van der Waals surface area contributed by atoms with Crippen LogP contribution in [0.4, 0.5) is 5.69 Å². The first-order valence-electron chi connectivity index (χ1n) is 10.5. The van der Waals surface area contributed by atoms with Crippen molar-refractivity contribution < 1.29 is 22.7 Å². The van der Waals surface area contributed by atoms with Gasteiger partial charge in [-0.3, -0.25) is 14.3 Å². The molecule has 0 aliphatic carbocycles. The Morgan fingerprint density at radius 1 is 1.06 bits per heavy atom. The molecule has 4 rings (SSSR count). The van der Waals surface area contributed by atoms with Gasteiger partial charge in [-0.1, -0.05) is 41.1 Å². The molecule has 1 amide bonds. The third-order valence-electron chi connectivity index (χ3n) is 4.86. The summed E-state index contributed by atoms with van der Waals surface area (Å²) in [4.78, 5) is 29.7. The summed E-state index contributed by atoms with van der Waals surface area (Å²) in [5.41, 5.74) is 1.14. The Bertz CT molecular complexity index is 1570. The fourth-order valence-electron chi connectivity index (χ4n) is 3.29. The van der Waals surface area contributed by atoms with Crippen LogP contribution in [-0.2, 0) is 26.1 Å². The van der Waals surface area contributed by atoms with Crippen LogP contribution in [0, 0.1) is 0 Å². The van der Waals surface area contributed by atoms with Crippen LogP contribution in [0.3, 0.4) is 0 Å². The van der Waals surface area contributed by atoms with Crippen molar-refractivity contribution in [3.05, 3.63) is 88.2 Å². The maximum atomic E-state index is 13.0. The quantitative estimate of drug-likeness (QED) is 0.356. The predicted molar refractivity (Wildman–Crippen MR) is 135 cm³/mol. The Morgan fingerprint density at radius 2 is 1.80 bits per heavy atom. The van der Waals surface area contributed by atoms with Crippen LogP contribution in [-0.4, -0.2) is 31.5 Å². The molecular formula is C24H20ClN3O5S2. The molecular weight excluding hydrogens is 510 g/mol. The van der Waals surface area contributed by atoms with Crippen molar-refractivity contribution in [2.24, 2.45) is 4.99 Å². The molecule has 0 aliphatic heterocycles. The van der Waals surface area contributed by atoms with E-state index >= 15 is 0 Å². The molecule has 180 valence electrons. The minimum absolute atomic E-state index is 0.0357. The van der Waals surface area contributed by atoms with Crippen molar-refractivity contribution in [2.75, 3.05) is 11.3 Å². The van der Waals surface area contributed by atoms with Gasteiger partial charge in [-0.25, -0.2) is 8.42 Å². The van der Waals surface area contributed by atoms with Gasteiger partial charge >= 0.3 is 5.97 Å². The van der Waals surface area contributed by atoms with E-state index in [-0.39, 0.29) is 29.3 Å². The van der Waals surface area contributed by atoms with E-state index in [0.717, 1.165) is 10.2 Å². The number of benzene rings is 3. The number of aromatic nitrogens is 1. The lowest BCUT2D eigenvalue weighted by atomic mass is 10.2. The minimum Gasteiger partial charge on any atom is -0.465 e. The maximum absolute atomic E-state index is 13.0. The van der Waals surface area contributed by atoms with Crippen LogP contribution in [0.25, 0.3) is 10.2 Å². The number of nitrogens with zero attached hydrogens (tertiary/aromatic N) is 2. The molecule has 0 saturated carbocycles. The van der Waals surface area contributed by atoms with Crippen LogP contribution in [0.5, 0.6) is 0 Å². The summed E-state index contributed by atoms with van der Waals surface area (Å²) < 4.78 is 35.4. The van der Waals surface area contributed by atoms with Gasteiger partial charge in [0, 0.05) is 16.3 Å². The second-order valence-electron chi connectivity index (χ2n) is 7.30. The minimum atomic E-state index is -3.88. The third-order valence-corrected chi connectivity index (χ3v) is 7.57. The van der Waals surface area contributed by atoms with E-state index in [2.05, 4.69) is 9.71 Å². The smallest absolute Gasteiger partial charge is 0.326 e. The number of amides is 1. The molecule has 1 aromatic heterocycles. The molecule has 0 radical (unpaired) electrons. The topological polar surface area (TPSA) is 107 Å². The zero-order chi connectivity index (χ0) is 25.0. The average Bonchev–Trinajstić information content (AvgIpc) is 3.16. The molecule has 3 aromatic carbocycles. The number of fused-ring (bicyclic) bond motifs is 1. The number of thiazole rings is 1. The summed E-state index contributed by atoms with van der Waals surface area (Å²) in [6.07, 6.45) is 0. The van der Waals surface area contributed by atoms with Gasteiger partial charge in [0.15, 0.2) is 4.80 Å². The molecule has 0 atom stereocenters. The highest BCUT2D eigenvalue weighted by molar-refractivity contribution is 7.92. The molecule has 0 aliphatic rings. The number of esters is 1. The van der Waals surface area contributed by atoms with Gasteiger partial charge in [0.25, 0.3) is 15.9 Å². The van der Waals surface area contributed by atoms with Crippen LogP contribution >= 0.6 is 22.9 Å². The van der Waals surface area contributed by atoms with E-state index in [4.69, 9.17) is 16.3 Å². The van der Waals surface area contributed by atoms with Gasteiger partial charge in [-0.15, -0.1) is 0 Å². The van der Waals surface area contributed by atoms with E-state index in [0.29, 0.717) is 9.82 Å². The van der Waals surface area contributed by atoms with Crippen molar-refractivity contribution in [3.63, 3.8) is 0 Å². The van der Waals surface area contributed by atoms with Gasteiger partial charge in [-0.05, 0) is 61.5 Å². The largest absolute Gasteiger partial charge is 0.465 e. The van der Waals surface area contributed by atoms with E-state index in [1.807, 2.05) is 24.3 Å². The Morgan fingerprint density at radius 3 is 2.54 bits per heavy atom. The standard InChI is InChI=1S/C24H20ClN3O5S2/c1-2-33-22(29)15-28-20-8-3-4-9-21(20)34-24(28)26-23(30)16-6-5-7-18(14-16)27-35(31,32)19-12-10-17(25)11-13-19/h3-14,27H,2,15H2,1H3. The fourth-order valence-corrected chi connectivity index (χ4v) is 5.49. The molecule has 0 unspecified atom stereocenters. The zero-order valence-electron chi connectivity index (χ0n) is 18.5. The van der Waals surface area contributed by atoms with Gasteiger partial charge in [0.1, 0.15) is 6.54 Å². The van der Waals surface area contributed by atoms with Gasteiger partial charge in [0.2, 0.25) is 0 Å². The molecule has 0 saturated heterocycles. The highest BCUT2D eigenvalue weighted by Crippen LogP contribution is 2.20. The molecule has 0 bridgehead atoms. The number of carbonyl (C=O) groups is 2. The van der Waals surface area contributed by atoms with E-state index in [1.165, 1.54) is 53.8 Å². The first-order valence-corrected chi connectivity index (χ1v) is 13.2. The number of hydrogen-bond acceptors (Lipinski definition) is 6. The van der Waals surface area contributed by atoms with Crippen molar-refractivity contribution in [2.45, 2.75) is 18.4 Å². The fraction of sp³-hybridized carbons (Fsp3) is 0.125. The maximum Gasteiger partial charge on any atom is 0.326 e. The molecule has 11 heteroatoms. The van der Waals surface area contributed by atoms with Gasteiger partial charge < -0.3 is 9.30 Å². The Labute approximate surface area is 210 Å². The van der Waals surface area contributed by atoms with Crippen molar-refractivity contribution >= 4 is 60.7 Å². The van der Waals surface area contributed by atoms with Crippen LogP contribution in [0.1, 0.15) is 17.3 Å². The first-order chi connectivity index (χ1) is 16.8. The van der Waals surface area contributed by atoms with Crippen LogP contribution in [0.2, 0.25) is 5.02 Å². The Hall–Kier alpha value is -3.47. The number of sulfonamides is 1. The average molecular weight is 530 g/mol. The lowest BCUT2D eigenvalue weighted by molar-refractivity contribution is -0.143. The lowest BCUT2D eigenvalue weighted by Gasteiger charge is -2.09. The van der Waals surface area contributed by atoms with Crippen molar-refractivity contribution in [1.82, 2.24) is 4.57 Å². The number of ether oxygens (including phenoxy) is 1. The van der Waals surface area contributed by atoms with Gasteiger partial charge in [-0.2, -0.15) is 4.99 Å². The zero-order valence-corrected chi connectivity index (χ0v) is 20.9. The number of rotatable bonds is 7. The predicted octanol–water partition coefficient (Wildman–Crippen LogP) is 4.46. The monoisotopic (exact) mass is 529 g/mol. The number of carbonyl (C=O) groups excluding carboxylic acids is 2. The number of anilines is 1. The first kappa shape index (κ1) is 24.6. The van der Waals surface area contributed by atoms with Gasteiger partial charge in [0.05, 0.1) is 21.7 Å². The number of para-hydroxylation sites is 1. The van der Waals surface area contributed by atoms with E-state index < -0.39 is 21.9 Å². The molecule has 8 nitrogen and oxygen atoms in total. The third kappa shape index (κ3) is 5.79. The van der Waals surface area contributed by atoms with E-state index in [9.17, 15) is 18.0 Å². The van der Waals surface area contributed by atoms with Crippen LogP contribution in [0.15, 0.2) is 82.7 Å². The summed E-state index contributed by atoms with van der Waals surface area (Å²) in [5, 5.41) is 0.416. The molecule has 0 fully saturated rings. The summed E-state index contributed by atoms with van der Waals surface area (Å²) in [5.74, 6) is -1.02. The summed E-state index contributed by atoms with van der Waals surface area (Å²) >= 11 is 7.10. The second-order valence-corrected chi connectivity index (χ2v) is 10.4. The highest BCUT2D eigenvalue weighted by Gasteiger charge is 2.16. The number of halogens is 1. The normalized spacial score (nSPS) is 12.0. The van der Waals surface area contributed by atoms with E-state index in [1.54, 1.807) is 17.6 Å². The SMILES string of the molecule is CCOC(=O)Cn1c(=NC(=O)c2cccc(NS(=O)(=O)c3ccc(Cl)cc3)c2)sc2ccccc21. The van der Waals surface area contributed by atoms with Crippen molar-refractivity contribution in [1.29, 1.82) is 0 Å². The Balaban J connectivity index is 1.66. The lowest BCUT2D eigenvalue weighted by Crippen LogP contribution is -2.23. The summed E-state index contributed by atoms with van der Waals surface area (Å²) in [7, 11) is -3.88. The Kier molecular flexibility index (Phi) is 7.34. The van der Waals surface area contributed by atoms with Crippen LogP contribution < -0.4 is 9.52 Å². The summed E-state index contributed by atoms with van der Waals surface area (Å²) in [6, 6.07) is 19.2. The highest BCUT2D eigenvalue weighted by atomic mass is 35.5. The molecule has 1 N–H and O–H groups in total. The second kappa shape index (κ2) is 10.4. The van der Waals surface area contributed by atoms with Crippen molar-refractivity contribution in [3.8, 4) is 0 Å². The molecule has 1 heterocycles. The number of hydrogen-bond donors (Lipinski definition) is 1.